The zero-order valence-corrected chi connectivity index (χ0v) is 16.5. The van der Waals surface area contributed by atoms with E-state index in [0.29, 0.717) is 26.3 Å². The van der Waals surface area contributed by atoms with Crippen LogP contribution in [0.3, 0.4) is 0 Å². The van der Waals surface area contributed by atoms with Gasteiger partial charge >= 0.3 is 0 Å². The Balaban J connectivity index is 2.29. The van der Waals surface area contributed by atoms with Crippen molar-refractivity contribution in [2.24, 2.45) is 0 Å². The average molecular weight is 399 g/mol. The summed E-state index contributed by atoms with van der Waals surface area (Å²) in [6.45, 7) is 7.15. The number of nitrogens with zero attached hydrogens (tertiary/aromatic N) is 5. The highest BCUT2D eigenvalue weighted by Crippen LogP contribution is 2.34. The van der Waals surface area contributed by atoms with Crippen LogP contribution in [0.25, 0.3) is 26.1 Å². The molecule has 0 aromatic carbocycles. The Labute approximate surface area is 164 Å². The van der Waals surface area contributed by atoms with Crippen LogP contribution in [0.15, 0.2) is 60.4 Å². The number of hydrogen-bond donors (Lipinski definition) is 0. The van der Waals surface area contributed by atoms with Crippen molar-refractivity contribution in [3.05, 3.63) is 66.0 Å². The van der Waals surface area contributed by atoms with E-state index in [4.69, 9.17) is 4.74 Å². The molecule has 28 heavy (non-hydrogen) atoms. The smallest absolute Gasteiger partial charge is 0.276 e. The van der Waals surface area contributed by atoms with Crippen molar-refractivity contribution in [1.29, 1.82) is 0 Å². The van der Waals surface area contributed by atoms with Crippen molar-refractivity contribution < 1.29 is 9.13 Å². The van der Waals surface area contributed by atoms with E-state index in [-0.39, 0.29) is 11.5 Å². The van der Waals surface area contributed by atoms with Crippen LogP contribution in [0.4, 0.5) is 10.2 Å². The second-order valence-electron chi connectivity index (χ2n) is 5.92. The summed E-state index contributed by atoms with van der Waals surface area (Å²) in [5.74, 6) is 0.0671. The Morgan fingerprint density at radius 1 is 1.36 bits per heavy atom. The number of ether oxygens (including phenoxy) is 1. The van der Waals surface area contributed by atoms with Gasteiger partial charge in [0.1, 0.15) is 39.3 Å². The molecule has 7 nitrogen and oxygen atoms in total. The standard InChI is InChI=1S/C19H18FN5O2S/c1-6-7-13(12(20)8-11(2)27-5)25-10-23-15-14-17(24(3)4)21-9-22-18(14)28-16(15)19(25)26/h6-10H,1-2H2,3-5H3/b12-8+,13-7+. The molecule has 3 aromatic heterocycles. The molecule has 3 aromatic rings. The van der Waals surface area contributed by atoms with Crippen LogP contribution in [-0.2, 0) is 4.74 Å². The third-order valence-corrected chi connectivity index (χ3v) is 4.99. The average Bonchev–Trinajstić information content (AvgIpc) is 3.06. The summed E-state index contributed by atoms with van der Waals surface area (Å²) >= 11 is 1.19. The number of hydrogen-bond acceptors (Lipinski definition) is 7. The molecule has 0 N–H and O–H groups in total. The maximum Gasteiger partial charge on any atom is 0.276 e. The maximum absolute atomic E-state index is 14.7. The quantitative estimate of drug-likeness (QED) is 0.467. The lowest BCUT2D eigenvalue weighted by Gasteiger charge is -2.12. The van der Waals surface area contributed by atoms with Crippen molar-refractivity contribution in [2.75, 3.05) is 26.1 Å². The van der Waals surface area contributed by atoms with Crippen LogP contribution >= 0.6 is 11.3 Å². The first-order chi connectivity index (χ1) is 13.4. The first-order valence-electron chi connectivity index (χ1n) is 8.14. The topological polar surface area (TPSA) is 73.1 Å². The summed E-state index contributed by atoms with van der Waals surface area (Å²) in [7, 11) is 5.07. The summed E-state index contributed by atoms with van der Waals surface area (Å²) in [6, 6.07) is 0. The highest BCUT2D eigenvalue weighted by atomic mass is 32.1. The van der Waals surface area contributed by atoms with Crippen LogP contribution < -0.4 is 10.5 Å². The largest absolute Gasteiger partial charge is 0.497 e. The van der Waals surface area contributed by atoms with Crippen molar-refractivity contribution in [1.82, 2.24) is 19.5 Å². The van der Waals surface area contributed by atoms with Crippen LogP contribution in [0.5, 0.6) is 0 Å². The van der Waals surface area contributed by atoms with E-state index in [1.807, 2.05) is 19.0 Å². The molecule has 0 radical (unpaired) electrons. The third-order valence-electron chi connectivity index (χ3n) is 3.91. The molecule has 0 aliphatic carbocycles. The van der Waals surface area contributed by atoms with Crippen molar-refractivity contribution in [3.63, 3.8) is 0 Å². The maximum atomic E-state index is 14.7. The molecule has 0 saturated heterocycles. The first kappa shape index (κ1) is 19.4. The molecule has 0 amide bonds. The second-order valence-corrected chi connectivity index (χ2v) is 6.92. The second kappa shape index (κ2) is 7.73. The fraction of sp³-hybridized carbons (Fsp3) is 0.158. The monoisotopic (exact) mass is 399 g/mol. The Morgan fingerprint density at radius 2 is 2.11 bits per heavy atom. The van der Waals surface area contributed by atoms with Gasteiger partial charge in [-0.1, -0.05) is 19.2 Å². The molecule has 3 heterocycles. The van der Waals surface area contributed by atoms with Crippen molar-refractivity contribution in [2.45, 2.75) is 0 Å². The van der Waals surface area contributed by atoms with E-state index in [1.54, 1.807) is 0 Å². The van der Waals surface area contributed by atoms with Gasteiger partial charge in [0.2, 0.25) is 0 Å². The van der Waals surface area contributed by atoms with Gasteiger partial charge in [-0.05, 0) is 6.08 Å². The molecule has 0 atom stereocenters. The Hall–Kier alpha value is -3.33. The summed E-state index contributed by atoms with van der Waals surface area (Å²) in [4.78, 5) is 28.5. The number of aromatic nitrogens is 4. The number of fused-ring (bicyclic) bond motifs is 3. The number of halogens is 1. The van der Waals surface area contributed by atoms with Crippen LogP contribution in [-0.4, -0.2) is 40.7 Å². The number of methoxy groups -OCH3 is 1. The lowest BCUT2D eigenvalue weighted by Crippen LogP contribution is -2.19. The van der Waals surface area contributed by atoms with Crippen LogP contribution in [0, 0.1) is 0 Å². The molecule has 0 unspecified atom stereocenters. The van der Waals surface area contributed by atoms with Gasteiger partial charge in [-0.2, -0.15) is 0 Å². The minimum Gasteiger partial charge on any atom is -0.497 e. The molecule has 144 valence electrons. The van der Waals surface area contributed by atoms with E-state index in [2.05, 4.69) is 28.1 Å². The van der Waals surface area contributed by atoms with E-state index < -0.39 is 11.4 Å². The van der Waals surface area contributed by atoms with E-state index in [9.17, 15) is 9.18 Å². The summed E-state index contributed by atoms with van der Waals surface area (Å²) in [5.41, 5.74) is 0.0375. The molecule has 0 bridgehead atoms. The van der Waals surface area contributed by atoms with Crippen molar-refractivity contribution >= 4 is 43.3 Å². The predicted octanol–water partition coefficient (Wildman–Crippen LogP) is 3.51. The molecular formula is C19H18FN5O2S. The van der Waals surface area contributed by atoms with Gasteiger partial charge in [-0.3, -0.25) is 9.36 Å². The molecule has 0 saturated carbocycles. The van der Waals surface area contributed by atoms with Gasteiger partial charge in [0.25, 0.3) is 5.56 Å². The fourth-order valence-electron chi connectivity index (χ4n) is 2.62. The molecule has 3 rings (SSSR count). The molecule has 0 aliphatic heterocycles. The summed E-state index contributed by atoms with van der Waals surface area (Å²) in [6.07, 6.45) is 6.57. The van der Waals surface area contributed by atoms with Gasteiger partial charge in [0.15, 0.2) is 5.83 Å². The highest BCUT2D eigenvalue weighted by Gasteiger charge is 2.19. The van der Waals surface area contributed by atoms with Gasteiger partial charge in [0.05, 0.1) is 18.2 Å². The van der Waals surface area contributed by atoms with Gasteiger partial charge in [0, 0.05) is 20.2 Å². The number of rotatable bonds is 6. The van der Waals surface area contributed by atoms with Gasteiger partial charge in [-0.15, -0.1) is 11.3 Å². The highest BCUT2D eigenvalue weighted by molar-refractivity contribution is 7.25. The van der Waals surface area contributed by atoms with E-state index >= 15 is 0 Å². The number of anilines is 1. The summed E-state index contributed by atoms with van der Waals surface area (Å²) < 4.78 is 21.1. The van der Waals surface area contributed by atoms with E-state index in [0.717, 1.165) is 10.6 Å². The minimum absolute atomic E-state index is 0.0241. The van der Waals surface area contributed by atoms with Gasteiger partial charge in [-0.25, -0.2) is 19.3 Å². The molecular weight excluding hydrogens is 381 g/mol. The Morgan fingerprint density at radius 3 is 2.75 bits per heavy atom. The fourth-order valence-corrected chi connectivity index (χ4v) is 3.64. The van der Waals surface area contributed by atoms with Crippen molar-refractivity contribution in [3.8, 4) is 0 Å². The van der Waals surface area contributed by atoms with E-state index in [1.165, 1.54) is 43.3 Å². The molecule has 0 fully saturated rings. The molecule has 0 spiro atoms. The van der Waals surface area contributed by atoms with Crippen LogP contribution in [0.1, 0.15) is 0 Å². The molecule has 9 heteroatoms. The number of allylic oxidation sites excluding steroid dienone is 5. The zero-order chi connectivity index (χ0) is 20.4. The SMILES string of the molecule is C=C/C=C(\C(F)=C/C(=C)OC)n1cnc2c(sc3ncnc(N(C)C)c32)c1=O. The number of thiophene rings is 1. The third kappa shape index (κ3) is 3.31. The zero-order valence-electron chi connectivity index (χ0n) is 15.6. The Bertz CT molecular complexity index is 1210. The van der Waals surface area contributed by atoms with Gasteiger partial charge < -0.3 is 9.64 Å². The normalized spacial score (nSPS) is 12.4. The minimum atomic E-state index is -0.704. The lowest BCUT2D eigenvalue weighted by atomic mass is 10.2. The van der Waals surface area contributed by atoms with Crippen LogP contribution in [0.2, 0.25) is 0 Å². The summed E-state index contributed by atoms with van der Waals surface area (Å²) in [5, 5.41) is 0.690. The molecule has 0 aliphatic rings. The predicted molar refractivity (Wildman–Crippen MR) is 111 cm³/mol. The first-order valence-corrected chi connectivity index (χ1v) is 8.96. The lowest BCUT2D eigenvalue weighted by molar-refractivity contribution is 0.307. The Kier molecular flexibility index (Phi) is 5.36.